The van der Waals surface area contributed by atoms with Crippen LogP contribution in [0.4, 0.5) is 10.5 Å². The molecule has 5 N–H and O–H groups in total. The fourth-order valence-corrected chi connectivity index (χ4v) is 2.85. The minimum Gasteiger partial charge on any atom is -0.399 e. The highest BCUT2D eigenvalue weighted by atomic mass is 32.3. The Morgan fingerprint density at radius 2 is 1.76 bits per heavy atom. The van der Waals surface area contributed by atoms with E-state index in [1.165, 1.54) is 18.4 Å². The van der Waals surface area contributed by atoms with Gasteiger partial charge in [-0.3, -0.25) is 14.1 Å². The number of nitrogen functional groups attached to an aromatic ring is 1. The van der Waals surface area contributed by atoms with Crippen LogP contribution in [-0.2, 0) is 9.25 Å². The SMILES string of the molecule is CC(C)NC(=O)S(C)(N)(=O)c1ccc(N)cc1. The van der Waals surface area contributed by atoms with Crippen molar-refractivity contribution in [2.45, 2.75) is 24.8 Å². The third-order valence-corrected chi connectivity index (χ3v) is 4.82. The second-order valence-electron chi connectivity index (χ2n) is 4.57. The average Bonchev–Trinajstić information content (AvgIpc) is 2.16. The third-order valence-electron chi connectivity index (χ3n) is 2.33. The molecule has 0 atom stereocenters. The summed E-state index contributed by atoms with van der Waals surface area (Å²) in [6.45, 7) is 3.56. The molecule has 6 heteroatoms. The predicted octanol–water partition coefficient (Wildman–Crippen LogP) is 1.07. The molecule has 1 aromatic rings. The summed E-state index contributed by atoms with van der Waals surface area (Å²) in [6.07, 6.45) is 1.26. The van der Waals surface area contributed by atoms with Crippen LogP contribution in [0.5, 0.6) is 0 Å². The second kappa shape index (κ2) is 4.12. The van der Waals surface area contributed by atoms with Gasteiger partial charge in [-0.1, -0.05) is 0 Å². The largest absolute Gasteiger partial charge is 0.399 e. The van der Waals surface area contributed by atoms with Gasteiger partial charge in [0.05, 0.1) is 0 Å². The molecule has 5 nitrogen and oxygen atoms in total. The quantitative estimate of drug-likeness (QED) is 0.691. The molecular weight excluding hydrogens is 238 g/mol. The summed E-state index contributed by atoms with van der Waals surface area (Å²) in [5.74, 6) is 0. The van der Waals surface area contributed by atoms with Crippen molar-refractivity contribution in [3.8, 4) is 0 Å². The van der Waals surface area contributed by atoms with Gasteiger partial charge >= 0.3 is 5.24 Å². The first-order valence-electron chi connectivity index (χ1n) is 5.23. The Balaban J connectivity index is 3.19. The molecule has 1 amide bonds. The van der Waals surface area contributed by atoms with Gasteiger partial charge in [0.25, 0.3) is 0 Å². The summed E-state index contributed by atoms with van der Waals surface area (Å²) >= 11 is 0. The Bertz CT molecular complexity index is 488. The highest BCUT2D eigenvalue weighted by Gasteiger charge is 2.37. The first kappa shape index (κ1) is 13.7. The lowest BCUT2D eigenvalue weighted by Crippen LogP contribution is -2.55. The van der Waals surface area contributed by atoms with Crippen LogP contribution in [0.2, 0.25) is 0 Å². The monoisotopic (exact) mass is 257 g/mol. The molecule has 96 valence electrons. The Hall–Kier alpha value is -1.40. The zero-order chi connectivity index (χ0) is 13.3. The molecule has 0 aliphatic carbocycles. The van der Waals surface area contributed by atoms with Crippen LogP contribution in [0.3, 0.4) is 0 Å². The number of nitrogens with one attached hydrogen (secondary N) is 1. The zero-order valence-corrected chi connectivity index (χ0v) is 11.1. The molecular formula is C11H19N3O2S. The van der Waals surface area contributed by atoms with Crippen molar-refractivity contribution in [1.29, 1.82) is 0 Å². The maximum absolute atomic E-state index is 12.7. The molecule has 0 saturated heterocycles. The Kier molecular flexibility index (Phi) is 3.31. The fourth-order valence-electron chi connectivity index (χ4n) is 1.30. The van der Waals surface area contributed by atoms with Gasteiger partial charge in [-0.15, -0.1) is 0 Å². The Morgan fingerprint density at radius 1 is 1.29 bits per heavy atom. The van der Waals surface area contributed by atoms with Crippen LogP contribution < -0.4 is 16.2 Å². The lowest BCUT2D eigenvalue weighted by Gasteiger charge is -2.33. The fraction of sp³-hybridized carbons (Fsp3) is 0.364. The van der Waals surface area contributed by atoms with Gasteiger partial charge in [0.2, 0.25) is 0 Å². The molecule has 0 heterocycles. The molecule has 0 unspecified atom stereocenters. The summed E-state index contributed by atoms with van der Waals surface area (Å²) in [4.78, 5) is 12.2. The molecule has 0 spiro atoms. The van der Waals surface area contributed by atoms with E-state index in [4.69, 9.17) is 10.9 Å². The van der Waals surface area contributed by atoms with E-state index in [1.54, 1.807) is 26.0 Å². The summed E-state index contributed by atoms with van der Waals surface area (Å²) in [7, 11) is -4.03. The number of amides is 1. The van der Waals surface area contributed by atoms with Crippen LogP contribution in [0.1, 0.15) is 13.8 Å². The van der Waals surface area contributed by atoms with Crippen molar-refractivity contribution >= 4 is 20.2 Å². The first-order chi connectivity index (χ1) is 7.62. The van der Waals surface area contributed by atoms with Crippen LogP contribution in [0, 0.1) is 0 Å². The molecule has 0 saturated carbocycles. The van der Waals surface area contributed by atoms with Crippen molar-refractivity contribution in [2.24, 2.45) is 5.14 Å². The van der Waals surface area contributed by atoms with Crippen molar-refractivity contribution in [2.75, 3.05) is 12.0 Å². The molecule has 0 radical (unpaired) electrons. The minimum absolute atomic E-state index is 0.121. The normalized spacial score (nSPS) is 14.1. The lowest BCUT2D eigenvalue weighted by atomic mass is 10.3. The smallest absolute Gasteiger partial charge is 0.304 e. The van der Waals surface area contributed by atoms with E-state index in [0.29, 0.717) is 5.69 Å². The van der Waals surface area contributed by atoms with Crippen LogP contribution in [0.25, 0.3) is 0 Å². The van der Waals surface area contributed by atoms with E-state index in [-0.39, 0.29) is 10.9 Å². The van der Waals surface area contributed by atoms with Crippen molar-refractivity contribution in [1.82, 2.24) is 5.32 Å². The molecule has 0 aliphatic rings. The Labute approximate surface area is 101 Å². The maximum Gasteiger partial charge on any atom is 0.304 e. The molecule has 0 aromatic heterocycles. The number of hydrogen-bond acceptors (Lipinski definition) is 3. The first-order valence-corrected chi connectivity index (χ1v) is 7.66. The molecule has 17 heavy (non-hydrogen) atoms. The number of carbonyl (C=O) groups is 1. The van der Waals surface area contributed by atoms with E-state index < -0.39 is 14.5 Å². The molecule has 0 aliphatic heterocycles. The average molecular weight is 257 g/mol. The standard InChI is InChI=1S/C11H19N3O2S/c1-8(2)14-11(15)17(3,13,16)10-6-4-9(12)5-7-10/h4-8H,12H2,1-3H3,(H2,13,16)(H,14,15). The van der Waals surface area contributed by atoms with Crippen LogP contribution in [-0.4, -0.2) is 21.7 Å². The maximum atomic E-state index is 12.7. The highest BCUT2D eigenvalue weighted by Crippen LogP contribution is 2.27. The summed E-state index contributed by atoms with van der Waals surface area (Å²) in [6, 6.07) is 6.06. The van der Waals surface area contributed by atoms with Gasteiger partial charge in [0.1, 0.15) is 0 Å². The number of rotatable bonds is 2. The van der Waals surface area contributed by atoms with E-state index in [2.05, 4.69) is 5.32 Å². The van der Waals surface area contributed by atoms with Crippen molar-refractivity contribution in [3.63, 3.8) is 0 Å². The second-order valence-corrected chi connectivity index (χ2v) is 8.23. The van der Waals surface area contributed by atoms with Crippen LogP contribution in [0.15, 0.2) is 29.2 Å². The number of carbonyl (C=O) groups excluding carboxylic acids is 1. The highest BCUT2D eigenvalue weighted by molar-refractivity contribution is 8.29. The minimum atomic E-state index is -4.03. The predicted molar refractivity (Wildman–Crippen MR) is 71.0 cm³/mol. The van der Waals surface area contributed by atoms with Gasteiger partial charge in [0, 0.05) is 32.1 Å². The Morgan fingerprint density at radius 3 is 2.18 bits per heavy atom. The molecule has 0 fully saturated rings. The molecule has 1 rings (SSSR count). The van der Waals surface area contributed by atoms with Gasteiger partial charge in [-0.2, -0.15) is 0 Å². The summed E-state index contributed by atoms with van der Waals surface area (Å²) in [5.41, 5.74) is 6.07. The molecule has 1 aromatic carbocycles. The number of benzene rings is 1. The van der Waals surface area contributed by atoms with E-state index >= 15 is 0 Å². The van der Waals surface area contributed by atoms with Gasteiger partial charge in [-0.25, -0.2) is 0 Å². The van der Waals surface area contributed by atoms with Gasteiger partial charge < -0.3 is 11.1 Å². The van der Waals surface area contributed by atoms with E-state index in [9.17, 15) is 9.00 Å². The van der Waals surface area contributed by atoms with Crippen LogP contribution >= 0.6 is 0 Å². The number of hydrogen-bond donors (Lipinski definition) is 3. The lowest BCUT2D eigenvalue weighted by molar-refractivity contribution is 0.256. The molecule has 0 bridgehead atoms. The van der Waals surface area contributed by atoms with E-state index in [0.717, 1.165) is 0 Å². The number of nitrogens with two attached hydrogens (primary N) is 2. The summed E-state index contributed by atoms with van der Waals surface area (Å²) in [5, 5.41) is 7.75. The van der Waals surface area contributed by atoms with Gasteiger partial charge in [0.15, 0.2) is 0 Å². The zero-order valence-electron chi connectivity index (χ0n) is 10.3. The van der Waals surface area contributed by atoms with E-state index in [1.807, 2.05) is 0 Å². The summed E-state index contributed by atoms with van der Waals surface area (Å²) < 4.78 is 12.7. The van der Waals surface area contributed by atoms with Gasteiger partial charge in [-0.05, 0) is 38.1 Å². The van der Waals surface area contributed by atoms with Crippen molar-refractivity contribution in [3.05, 3.63) is 24.3 Å². The topological polar surface area (TPSA) is 98.2 Å². The van der Waals surface area contributed by atoms with Crippen molar-refractivity contribution < 1.29 is 9.00 Å². The third kappa shape index (κ3) is 2.83. The number of anilines is 1.